The molecule has 430 valence electrons. The molecule has 0 radical (unpaired) electrons. The Balaban J connectivity index is 1.03. The van der Waals surface area contributed by atoms with E-state index in [2.05, 4.69) is 4.90 Å². The van der Waals surface area contributed by atoms with Gasteiger partial charge in [0.05, 0.1) is 81.3 Å². The first-order valence-corrected chi connectivity index (χ1v) is 27.3. The number of esters is 4. The fourth-order valence-corrected chi connectivity index (χ4v) is 14.1. The van der Waals surface area contributed by atoms with E-state index in [0.717, 1.165) is 36.5 Å². The van der Waals surface area contributed by atoms with E-state index in [-0.39, 0.29) is 76.7 Å². The van der Waals surface area contributed by atoms with Crippen molar-refractivity contribution < 1.29 is 91.8 Å². The van der Waals surface area contributed by atoms with Gasteiger partial charge in [0.15, 0.2) is 46.4 Å². The Labute approximate surface area is 458 Å². The summed E-state index contributed by atoms with van der Waals surface area (Å²) in [7, 11) is 5.26. The van der Waals surface area contributed by atoms with Gasteiger partial charge in [-0.05, 0) is 157 Å². The lowest BCUT2D eigenvalue weighted by Crippen LogP contribution is -2.53. The summed E-state index contributed by atoms with van der Waals surface area (Å²) >= 11 is 0. The smallest absolute Gasteiger partial charge is 0.339 e. The van der Waals surface area contributed by atoms with Crippen LogP contribution in [0.25, 0.3) is 0 Å². The minimum atomic E-state index is -2.36. The third-order valence-corrected chi connectivity index (χ3v) is 17.9. The number of benzene rings is 2. The summed E-state index contributed by atoms with van der Waals surface area (Å²) < 4.78 is 58.7. The molecule has 10 atom stereocenters. The highest BCUT2D eigenvalue weighted by Crippen LogP contribution is 2.62. The van der Waals surface area contributed by atoms with Gasteiger partial charge in [-0.15, -0.1) is 0 Å². The second-order valence-electron chi connectivity index (χ2n) is 23.9. The Morgan fingerprint density at radius 1 is 0.633 bits per heavy atom. The molecular weight excluding hydrogens is 1030 g/mol. The molecule has 0 bridgehead atoms. The van der Waals surface area contributed by atoms with Gasteiger partial charge in [0.2, 0.25) is 19.5 Å². The van der Waals surface area contributed by atoms with Crippen molar-refractivity contribution in [3.8, 4) is 23.0 Å². The third-order valence-electron chi connectivity index (χ3n) is 17.9. The van der Waals surface area contributed by atoms with Crippen LogP contribution in [0, 0.1) is 5.92 Å². The molecule has 1 amide bonds. The quantitative estimate of drug-likeness (QED) is 0.113. The SMILES string of the molecule is COC(=O)C[C@@](O)(CCCC(C)(C)O)C(=O)O[C@@H]1C(OC)=C[C@]23C[C@@H]([C@@H]4CC[C@]56C=C(OC)[C@@H](OC(=O)[C@](O)(CCCC(C)(C)O)CC(=O)OC)[C@H]5c5cc7c(cc5CCN46)OCO7)C(=O)N2CCc2cc4c(cc2[C@H]13)OCO4. The zero-order valence-electron chi connectivity index (χ0n) is 46.3. The van der Waals surface area contributed by atoms with Gasteiger partial charge in [0.1, 0.15) is 11.5 Å². The van der Waals surface area contributed by atoms with Crippen molar-refractivity contribution in [3.63, 3.8) is 0 Å². The molecule has 4 N–H and O–H groups in total. The Kier molecular flexibility index (Phi) is 14.8. The monoisotopic (exact) mass is 1100 g/mol. The van der Waals surface area contributed by atoms with E-state index in [4.69, 9.17) is 47.4 Å². The molecule has 79 heavy (non-hydrogen) atoms. The molecule has 21 heteroatoms. The molecule has 2 fully saturated rings. The Bertz CT molecular complexity index is 2830. The number of methoxy groups -OCH3 is 4. The van der Waals surface area contributed by atoms with Gasteiger partial charge in [0.25, 0.3) is 0 Å². The van der Waals surface area contributed by atoms with Crippen molar-refractivity contribution in [2.45, 2.75) is 175 Å². The minimum absolute atomic E-state index is 0.00448. The lowest BCUT2D eigenvalue weighted by molar-refractivity contribution is -0.178. The van der Waals surface area contributed by atoms with Crippen LogP contribution in [-0.4, -0.2) is 167 Å². The maximum Gasteiger partial charge on any atom is 0.339 e. The Morgan fingerprint density at radius 2 is 1.08 bits per heavy atom. The molecule has 10 rings (SSSR count). The summed E-state index contributed by atoms with van der Waals surface area (Å²) in [6, 6.07) is 7.17. The van der Waals surface area contributed by atoms with Gasteiger partial charge in [-0.3, -0.25) is 19.3 Å². The van der Waals surface area contributed by atoms with Gasteiger partial charge >= 0.3 is 23.9 Å². The summed E-state index contributed by atoms with van der Waals surface area (Å²) in [5.74, 6) is -3.51. The molecule has 2 saturated heterocycles. The number of hydrogen-bond acceptors (Lipinski definition) is 20. The average Bonchev–Trinajstić information content (AvgIpc) is 3.27. The highest BCUT2D eigenvalue weighted by Gasteiger charge is 2.68. The summed E-state index contributed by atoms with van der Waals surface area (Å²) in [4.78, 5) is 75.2. The molecular formula is C58H74N2O19. The molecule has 6 aliphatic heterocycles. The molecule has 0 aromatic heterocycles. The number of carbonyl (C=O) groups excluding carboxylic acids is 5. The largest absolute Gasteiger partial charge is 0.497 e. The number of carbonyl (C=O) groups is 5. The van der Waals surface area contributed by atoms with E-state index in [0.29, 0.717) is 61.0 Å². The van der Waals surface area contributed by atoms with Gasteiger partial charge < -0.3 is 72.7 Å². The highest BCUT2D eigenvalue weighted by atomic mass is 16.7. The first-order valence-electron chi connectivity index (χ1n) is 27.3. The number of hydrogen-bond donors (Lipinski definition) is 4. The first kappa shape index (κ1) is 56.2. The Hall–Kier alpha value is -6.13. The molecule has 2 aromatic carbocycles. The molecule has 2 spiro atoms. The van der Waals surface area contributed by atoms with E-state index >= 15 is 4.79 Å². The van der Waals surface area contributed by atoms with Crippen LogP contribution in [0.2, 0.25) is 0 Å². The topological polar surface area (TPSA) is 265 Å². The van der Waals surface area contributed by atoms with Gasteiger partial charge in [0, 0.05) is 19.1 Å². The average molecular weight is 1100 g/mol. The number of fused-ring (bicyclic) bond motifs is 6. The molecule has 0 unspecified atom stereocenters. The van der Waals surface area contributed by atoms with Crippen LogP contribution in [0.4, 0.5) is 0 Å². The maximum absolute atomic E-state index is 15.8. The van der Waals surface area contributed by atoms with Crippen LogP contribution in [0.5, 0.6) is 23.0 Å². The van der Waals surface area contributed by atoms with E-state index < -0.39 is 106 Å². The Morgan fingerprint density at radius 3 is 1.53 bits per heavy atom. The summed E-state index contributed by atoms with van der Waals surface area (Å²) in [6.07, 6.45) is 2.53. The molecule has 6 heterocycles. The molecule has 21 nitrogen and oxygen atoms in total. The maximum atomic E-state index is 15.8. The number of ether oxygens (including phenoxy) is 10. The predicted octanol–water partition coefficient (Wildman–Crippen LogP) is 4.30. The number of nitrogens with zero attached hydrogens (tertiary/aromatic N) is 2. The summed E-state index contributed by atoms with van der Waals surface area (Å²) in [6.45, 7) is 7.17. The number of rotatable bonds is 19. The van der Waals surface area contributed by atoms with Crippen molar-refractivity contribution in [3.05, 3.63) is 70.2 Å². The molecule has 2 aromatic rings. The van der Waals surface area contributed by atoms with Crippen molar-refractivity contribution in [1.82, 2.24) is 9.80 Å². The standard InChI is InChI=1S/C58H74N2O19/c1-53(2,66)14-9-16-57(68,28-44(61)72-7)51(64)78-48-42(70-5)26-55-18-11-37(59(55)19-12-32-21-38-40(76-30-74-38)23-34(32)46(48)55)36-25-56-27-43(71-6)49(79-52(65)58(69,29-45(62)73-8)17-10-15-54(3,4)67)47(56)35-24-41-39(75-31-77-41)22-33(35)13-20-60(56)50(36)63/h21-24,26-27,36-37,46-49,66-69H,9-20,25,28-31H2,1-8H3/t36-,37-,46+,47+,48+,49+,55-,56-,57-,58-/m0/s1. The van der Waals surface area contributed by atoms with Crippen LogP contribution >= 0.6 is 0 Å². The van der Waals surface area contributed by atoms with Crippen molar-refractivity contribution in [1.29, 1.82) is 0 Å². The number of amides is 1. The van der Waals surface area contributed by atoms with Gasteiger partial charge in [-0.2, -0.15) is 0 Å². The lowest BCUT2D eigenvalue weighted by atomic mass is 9.75. The van der Waals surface area contributed by atoms with E-state index in [1.807, 2.05) is 41.3 Å². The highest BCUT2D eigenvalue weighted by molar-refractivity contribution is 5.88. The van der Waals surface area contributed by atoms with Crippen molar-refractivity contribution in [2.24, 2.45) is 5.92 Å². The van der Waals surface area contributed by atoms with Gasteiger partial charge in [-0.1, -0.05) is 0 Å². The van der Waals surface area contributed by atoms with Crippen LogP contribution in [0.3, 0.4) is 0 Å². The fourth-order valence-electron chi connectivity index (χ4n) is 14.1. The normalized spacial score (nSPS) is 28.7. The minimum Gasteiger partial charge on any atom is -0.497 e. The van der Waals surface area contributed by atoms with Gasteiger partial charge in [-0.25, -0.2) is 9.59 Å². The molecule has 2 aliphatic carbocycles. The molecule has 8 aliphatic rings. The second kappa shape index (κ2) is 20.8. The summed E-state index contributed by atoms with van der Waals surface area (Å²) in [5.41, 5.74) is -5.80. The summed E-state index contributed by atoms with van der Waals surface area (Å²) in [5, 5.41) is 45.3. The number of aliphatic hydroxyl groups is 4. The predicted molar refractivity (Wildman–Crippen MR) is 276 cm³/mol. The van der Waals surface area contributed by atoms with E-state index in [9.17, 15) is 39.6 Å². The van der Waals surface area contributed by atoms with Crippen LogP contribution in [0.15, 0.2) is 47.9 Å². The van der Waals surface area contributed by atoms with E-state index in [1.54, 1.807) is 27.7 Å². The van der Waals surface area contributed by atoms with E-state index in [1.165, 1.54) is 14.2 Å². The zero-order chi connectivity index (χ0) is 56.6. The zero-order valence-corrected chi connectivity index (χ0v) is 46.3. The second-order valence-corrected chi connectivity index (χ2v) is 23.9. The van der Waals surface area contributed by atoms with Crippen molar-refractivity contribution in [2.75, 3.05) is 55.1 Å². The third kappa shape index (κ3) is 10.0. The first-order chi connectivity index (χ1) is 37.4. The van der Waals surface area contributed by atoms with Crippen LogP contribution < -0.4 is 18.9 Å². The molecule has 0 saturated carbocycles. The lowest BCUT2D eigenvalue weighted by Gasteiger charge is -2.42. The van der Waals surface area contributed by atoms with Crippen molar-refractivity contribution >= 4 is 29.8 Å². The van der Waals surface area contributed by atoms with Crippen LogP contribution in [-0.2, 0) is 65.2 Å². The fraction of sp³-hybridized carbons (Fsp3) is 0.638. The van der Waals surface area contributed by atoms with Crippen LogP contribution in [0.1, 0.15) is 132 Å².